The van der Waals surface area contributed by atoms with Gasteiger partial charge < -0.3 is 14.7 Å². The zero-order valence-corrected chi connectivity index (χ0v) is 18.9. The van der Waals surface area contributed by atoms with Crippen LogP contribution in [0.4, 0.5) is 0 Å². The topological polar surface area (TPSA) is 66.8 Å². The van der Waals surface area contributed by atoms with Gasteiger partial charge in [0.15, 0.2) is 0 Å². The second-order valence-electron chi connectivity index (χ2n) is 8.87. The van der Waals surface area contributed by atoms with Gasteiger partial charge in [-0.25, -0.2) is 0 Å². The number of ether oxygens (including phenoxy) is 1. The molecule has 2 heterocycles. The molecule has 168 valence electrons. The van der Waals surface area contributed by atoms with E-state index in [1.807, 2.05) is 61.5 Å². The van der Waals surface area contributed by atoms with Crippen LogP contribution in [0.3, 0.4) is 0 Å². The Hall–Kier alpha value is -3.60. The Morgan fingerprint density at radius 1 is 1.09 bits per heavy atom. The van der Waals surface area contributed by atoms with E-state index in [1.165, 1.54) is 0 Å². The predicted octanol–water partition coefficient (Wildman–Crippen LogP) is 5.39. The van der Waals surface area contributed by atoms with E-state index in [0.29, 0.717) is 12.1 Å². The maximum absolute atomic E-state index is 13.3. The molecule has 5 nitrogen and oxygen atoms in total. The van der Waals surface area contributed by atoms with Gasteiger partial charge >= 0.3 is 0 Å². The molecule has 0 aromatic heterocycles. The SMILES string of the molecule is CCCCN1C(=O)C(=O)/C(=C(\O)c2ccc3c(c2)CC(C)O3)C1c1cccc2ccccc12. The zero-order chi connectivity index (χ0) is 23.1. The minimum absolute atomic E-state index is 0.0766. The van der Waals surface area contributed by atoms with Gasteiger partial charge in [-0.15, -0.1) is 0 Å². The van der Waals surface area contributed by atoms with Gasteiger partial charge in [0, 0.05) is 18.5 Å². The van der Waals surface area contributed by atoms with Crippen LogP contribution >= 0.6 is 0 Å². The first-order valence-corrected chi connectivity index (χ1v) is 11.6. The van der Waals surface area contributed by atoms with Gasteiger partial charge in [0.05, 0.1) is 11.6 Å². The number of rotatable bonds is 5. The second kappa shape index (κ2) is 8.39. The molecule has 2 unspecified atom stereocenters. The molecule has 0 radical (unpaired) electrons. The lowest BCUT2D eigenvalue weighted by atomic mass is 9.91. The number of carbonyl (C=O) groups excluding carboxylic acids is 2. The van der Waals surface area contributed by atoms with Crippen LogP contribution in [0.15, 0.2) is 66.2 Å². The smallest absolute Gasteiger partial charge is 0.295 e. The highest BCUT2D eigenvalue weighted by Gasteiger charge is 2.46. The van der Waals surface area contributed by atoms with Crippen LogP contribution in [0, 0.1) is 0 Å². The van der Waals surface area contributed by atoms with Gasteiger partial charge in [-0.3, -0.25) is 9.59 Å². The standard InChI is InChI=1S/C28H27NO4/c1-3-4-14-29-25(22-11-7-9-18-8-5-6-10-21(18)22)24(27(31)28(29)32)26(30)19-12-13-23-20(16-19)15-17(2)33-23/h5-13,16-17,25,30H,3-4,14-15H2,1-2H3/b26-24-. The lowest BCUT2D eigenvalue weighted by molar-refractivity contribution is -0.139. The zero-order valence-electron chi connectivity index (χ0n) is 18.9. The molecule has 1 N–H and O–H groups in total. The predicted molar refractivity (Wildman–Crippen MR) is 128 cm³/mol. The molecule has 0 aliphatic carbocycles. The van der Waals surface area contributed by atoms with Gasteiger partial charge in [0.2, 0.25) is 0 Å². The summed E-state index contributed by atoms with van der Waals surface area (Å²) in [6.07, 6.45) is 2.50. The van der Waals surface area contributed by atoms with Crippen LogP contribution in [-0.4, -0.2) is 34.3 Å². The highest BCUT2D eigenvalue weighted by Crippen LogP contribution is 2.42. The molecule has 2 atom stereocenters. The molecule has 3 aromatic carbocycles. The maximum Gasteiger partial charge on any atom is 0.295 e. The van der Waals surface area contributed by atoms with Gasteiger partial charge in [-0.2, -0.15) is 0 Å². The molecule has 0 bridgehead atoms. The van der Waals surface area contributed by atoms with Crippen molar-refractivity contribution in [2.45, 2.75) is 45.3 Å². The third kappa shape index (κ3) is 3.58. The number of Topliss-reactive ketones (excluding diaryl/α,β-unsaturated/α-hetero) is 1. The molecule has 3 aromatic rings. The number of aliphatic hydroxyl groups excluding tert-OH is 1. The lowest BCUT2D eigenvalue weighted by Gasteiger charge is -2.26. The Bertz CT molecular complexity index is 1290. The third-order valence-corrected chi connectivity index (χ3v) is 6.58. The van der Waals surface area contributed by atoms with Crippen molar-refractivity contribution in [1.82, 2.24) is 4.90 Å². The van der Waals surface area contributed by atoms with Crippen molar-refractivity contribution in [3.63, 3.8) is 0 Å². The Balaban J connectivity index is 1.69. The fourth-order valence-corrected chi connectivity index (χ4v) is 4.98. The fourth-order valence-electron chi connectivity index (χ4n) is 4.98. The van der Waals surface area contributed by atoms with Crippen molar-refractivity contribution in [1.29, 1.82) is 0 Å². The van der Waals surface area contributed by atoms with E-state index < -0.39 is 17.7 Å². The highest BCUT2D eigenvalue weighted by atomic mass is 16.5. The summed E-state index contributed by atoms with van der Waals surface area (Å²) < 4.78 is 5.78. The van der Waals surface area contributed by atoms with E-state index in [9.17, 15) is 14.7 Å². The molecule has 2 aliphatic rings. The van der Waals surface area contributed by atoms with Crippen molar-refractivity contribution in [2.24, 2.45) is 0 Å². The van der Waals surface area contributed by atoms with E-state index in [-0.39, 0.29) is 17.4 Å². The number of unbranched alkanes of at least 4 members (excludes halogenated alkanes) is 1. The number of fused-ring (bicyclic) bond motifs is 2. The number of carbonyl (C=O) groups is 2. The van der Waals surface area contributed by atoms with Gasteiger partial charge in [0.1, 0.15) is 17.6 Å². The summed E-state index contributed by atoms with van der Waals surface area (Å²) in [5, 5.41) is 13.4. The van der Waals surface area contributed by atoms with Crippen molar-refractivity contribution >= 4 is 28.2 Å². The molecular formula is C28H27NO4. The van der Waals surface area contributed by atoms with Gasteiger partial charge in [0.25, 0.3) is 11.7 Å². The largest absolute Gasteiger partial charge is 0.507 e. The Labute approximate surface area is 193 Å². The monoisotopic (exact) mass is 441 g/mol. The number of benzene rings is 3. The number of amides is 1. The number of ketones is 1. The van der Waals surface area contributed by atoms with Crippen LogP contribution in [0.5, 0.6) is 5.75 Å². The van der Waals surface area contributed by atoms with Gasteiger partial charge in [-0.1, -0.05) is 55.8 Å². The third-order valence-electron chi connectivity index (χ3n) is 6.58. The van der Waals surface area contributed by atoms with E-state index >= 15 is 0 Å². The van der Waals surface area contributed by atoms with Crippen molar-refractivity contribution in [3.8, 4) is 5.75 Å². The molecular weight excluding hydrogens is 414 g/mol. The summed E-state index contributed by atoms with van der Waals surface area (Å²) >= 11 is 0. The van der Waals surface area contributed by atoms with Crippen molar-refractivity contribution in [3.05, 3.63) is 82.9 Å². The minimum atomic E-state index is -0.633. The first-order valence-electron chi connectivity index (χ1n) is 11.6. The number of nitrogens with zero attached hydrogens (tertiary/aromatic N) is 1. The van der Waals surface area contributed by atoms with E-state index in [4.69, 9.17) is 4.74 Å². The molecule has 1 amide bonds. The van der Waals surface area contributed by atoms with Gasteiger partial charge in [-0.05, 0) is 53.4 Å². The number of aliphatic hydroxyl groups is 1. The number of hydrogen-bond donors (Lipinski definition) is 1. The second-order valence-corrected chi connectivity index (χ2v) is 8.87. The molecule has 1 saturated heterocycles. The Morgan fingerprint density at radius 3 is 2.70 bits per heavy atom. The van der Waals surface area contributed by atoms with Crippen LogP contribution in [0.25, 0.3) is 16.5 Å². The molecule has 0 spiro atoms. The summed E-state index contributed by atoms with van der Waals surface area (Å²) in [4.78, 5) is 28.0. The molecule has 2 aliphatic heterocycles. The average Bonchev–Trinajstić information content (AvgIpc) is 3.32. The van der Waals surface area contributed by atoms with Crippen LogP contribution in [0.1, 0.15) is 49.4 Å². The number of hydrogen-bond acceptors (Lipinski definition) is 4. The highest BCUT2D eigenvalue weighted by molar-refractivity contribution is 6.46. The van der Waals surface area contributed by atoms with E-state index in [0.717, 1.165) is 46.9 Å². The summed E-state index contributed by atoms with van der Waals surface area (Å²) in [6.45, 7) is 4.51. The quantitative estimate of drug-likeness (QED) is 0.328. The normalized spacial score (nSPS) is 21.5. The van der Waals surface area contributed by atoms with Crippen LogP contribution in [0.2, 0.25) is 0 Å². The fraction of sp³-hybridized carbons (Fsp3) is 0.286. The van der Waals surface area contributed by atoms with E-state index in [2.05, 4.69) is 6.92 Å². The minimum Gasteiger partial charge on any atom is -0.507 e. The molecule has 5 heteroatoms. The Morgan fingerprint density at radius 2 is 1.88 bits per heavy atom. The number of likely N-dealkylation sites (tertiary alicyclic amines) is 1. The Kier molecular flexibility index (Phi) is 5.41. The van der Waals surface area contributed by atoms with E-state index in [1.54, 1.807) is 11.0 Å². The molecule has 0 saturated carbocycles. The summed E-state index contributed by atoms with van der Waals surface area (Å²) in [5.41, 5.74) is 2.53. The molecule has 1 fully saturated rings. The average molecular weight is 442 g/mol. The first-order chi connectivity index (χ1) is 16.0. The summed E-state index contributed by atoms with van der Waals surface area (Å²) in [5.74, 6) is -0.520. The van der Waals surface area contributed by atoms with Crippen LogP contribution < -0.4 is 4.74 Å². The van der Waals surface area contributed by atoms with Crippen molar-refractivity contribution in [2.75, 3.05) is 6.54 Å². The maximum atomic E-state index is 13.3. The molecule has 33 heavy (non-hydrogen) atoms. The van der Waals surface area contributed by atoms with Crippen molar-refractivity contribution < 1.29 is 19.4 Å². The summed E-state index contributed by atoms with van der Waals surface area (Å²) in [7, 11) is 0. The summed E-state index contributed by atoms with van der Waals surface area (Å²) in [6, 6.07) is 18.6. The lowest BCUT2D eigenvalue weighted by Crippen LogP contribution is -2.30. The first kappa shape index (κ1) is 21.3. The van der Waals surface area contributed by atoms with Crippen LogP contribution in [-0.2, 0) is 16.0 Å². The molecule has 5 rings (SSSR count).